The molecule has 1 fully saturated rings. The molecule has 1 aliphatic rings. The van der Waals surface area contributed by atoms with Crippen LogP contribution in [0.1, 0.15) is 68.7 Å². The summed E-state index contributed by atoms with van der Waals surface area (Å²) in [7, 11) is 1.76. The van der Waals surface area contributed by atoms with Crippen molar-refractivity contribution in [3.8, 4) is 0 Å². The summed E-state index contributed by atoms with van der Waals surface area (Å²) in [5.41, 5.74) is 3.53. The number of rotatable bonds is 12. The first-order valence-corrected chi connectivity index (χ1v) is 12.6. The number of amides is 1. The summed E-state index contributed by atoms with van der Waals surface area (Å²) < 4.78 is 11.8. The van der Waals surface area contributed by atoms with Crippen molar-refractivity contribution in [2.24, 2.45) is 5.92 Å². The molecular weight excluding hydrogens is 513 g/mol. The van der Waals surface area contributed by atoms with E-state index in [1.54, 1.807) is 13.7 Å². The Hall–Kier alpha value is -1.11. The van der Waals surface area contributed by atoms with E-state index in [-0.39, 0.29) is 44.7 Å². The molecule has 1 heterocycles. The van der Waals surface area contributed by atoms with Crippen molar-refractivity contribution in [1.82, 2.24) is 10.2 Å². The van der Waals surface area contributed by atoms with Gasteiger partial charge in [0.05, 0.1) is 6.61 Å². The summed E-state index contributed by atoms with van der Waals surface area (Å²) in [5.74, 6) is 0.846. The van der Waals surface area contributed by atoms with Gasteiger partial charge in [0, 0.05) is 46.4 Å². The maximum absolute atomic E-state index is 12.8. The Kier molecular flexibility index (Phi) is 13.7. The molecule has 0 bridgehead atoms. The van der Waals surface area contributed by atoms with Gasteiger partial charge in [-0.2, -0.15) is 6.92 Å². The number of hydrogen-bond donors (Lipinski definition) is 1. The van der Waals surface area contributed by atoms with Crippen LogP contribution in [0.4, 0.5) is 0 Å². The number of nitrogens with one attached hydrogen (secondary N) is 1. The summed E-state index contributed by atoms with van der Waals surface area (Å²) in [6.45, 7) is 11.8. The predicted molar refractivity (Wildman–Crippen MR) is 137 cm³/mol. The molecule has 3 rings (SSSR count). The van der Waals surface area contributed by atoms with Crippen LogP contribution in [-0.4, -0.2) is 50.3 Å². The third-order valence-electron chi connectivity index (χ3n) is 6.58. The van der Waals surface area contributed by atoms with Crippen LogP contribution in [0.5, 0.6) is 0 Å². The molecule has 1 aliphatic heterocycles. The molecule has 1 N–H and O–H groups in total. The molecule has 189 valence electrons. The van der Waals surface area contributed by atoms with Gasteiger partial charge in [0.1, 0.15) is 12.2 Å². The van der Waals surface area contributed by atoms with E-state index in [4.69, 9.17) is 9.47 Å². The average molecular weight is 555 g/mol. The fraction of sp³-hybridized carbons (Fsp3) is 0.517. The number of carbonyl (C=O) groups excluding carboxylic acids is 1. The zero-order valence-electron chi connectivity index (χ0n) is 21.8. The Bertz CT molecular complexity index is 852. The summed E-state index contributed by atoms with van der Waals surface area (Å²) in [6, 6.07) is 19.1. The molecule has 1 unspecified atom stereocenters. The largest absolute Gasteiger partial charge is 0.504 e. The molecule has 1 saturated heterocycles. The summed E-state index contributed by atoms with van der Waals surface area (Å²) >= 11 is 0. The third kappa shape index (κ3) is 9.37. The molecule has 0 spiro atoms. The van der Waals surface area contributed by atoms with Crippen molar-refractivity contribution in [3.05, 3.63) is 77.8 Å². The van der Waals surface area contributed by atoms with Crippen LogP contribution in [-0.2, 0) is 47.0 Å². The van der Waals surface area contributed by atoms with Crippen LogP contribution in [0, 0.1) is 12.5 Å². The first kappa shape index (κ1) is 30.1. The van der Waals surface area contributed by atoms with E-state index in [1.807, 2.05) is 25.1 Å². The van der Waals surface area contributed by atoms with Crippen LogP contribution in [0.15, 0.2) is 54.6 Å². The van der Waals surface area contributed by atoms with Gasteiger partial charge in [0.2, 0.25) is 5.91 Å². The molecule has 5 nitrogen and oxygen atoms in total. The van der Waals surface area contributed by atoms with Gasteiger partial charge in [0.25, 0.3) is 0 Å². The van der Waals surface area contributed by atoms with E-state index in [9.17, 15) is 4.79 Å². The van der Waals surface area contributed by atoms with Crippen molar-refractivity contribution in [1.29, 1.82) is 0 Å². The minimum Gasteiger partial charge on any atom is -0.504 e. The molecule has 0 aliphatic carbocycles. The second-order valence-electron chi connectivity index (χ2n) is 9.62. The zero-order valence-corrected chi connectivity index (χ0v) is 24.6. The molecule has 1 amide bonds. The Labute approximate surface area is 237 Å². The molecule has 0 saturated carbocycles. The SMILES string of the molecule is C[CH-]NC(=O)[C@H](CC(C)C)OC(c1ccccc1)c1ccc(C2CCN(CCOC)CC2)cc1.[Y]. The number of nitrogens with zero attached hydrogens (tertiary/aromatic N) is 1. The smallest absolute Gasteiger partial charge is 0.220 e. The second-order valence-corrected chi connectivity index (χ2v) is 9.62. The second kappa shape index (κ2) is 15.9. The van der Waals surface area contributed by atoms with Gasteiger partial charge in [-0.3, -0.25) is 4.79 Å². The van der Waals surface area contributed by atoms with Crippen LogP contribution >= 0.6 is 0 Å². The molecular formula is C29H41N2O3Y-. The van der Waals surface area contributed by atoms with Crippen LogP contribution in [0.25, 0.3) is 0 Å². The Morgan fingerprint density at radius 1 is 1.06 bits per heavy atom. The van der Waals surface area contributed by atoms with E-state index in [0.717, 1.165) is 37.4 Å². The minimum absolute atomic E-state index is 0. The topological polar surface area (TPSA) is 50.8 Å². The zero-order chi connectivity index (χ0) is 24.3. The number of methoxy groups -OCH3 is 1. The number of benzene rings is 2. The number of likely N-dealkylation sites (tertiary alicyclic amines) is 1. The monoisotopic (exact) mass is 554 g/mol. The van der Waals surface area contributed by atoms with Gasteiger partial charge in [0.15, 0.2) is 0 Å². The van der Waals surface area contributed by atoms with Gasteiger partial charge in [-0.15, -0.1) is 0 Å². The molecule has 6 heteroatoms. The molecule has 1 radical (unpaired) electrons. The molecule has 2 aromatic carbocycles. The first-order chi connectivity index (χ1) is 16.5. The predicted octanol–water partition coefficient (Wildman–Crippen LogP) is 5.33. The number of hydrogen-bond acceptors (Lipinski definition) is 4. The van der Waals surface area contributed by atoms with Gasteiger partial charge in [-0.25, -0.2) is 6.54 Å². The molecule has 35 heavy (non-hydrogen) atoms. The molecule has 0 aromatic heterocycles. The van der Waals surface area contributed by atoms with Crippen LogP contribution in [0.2, 0.25) is 0 Å². The summed E-state index contributed by atoms with van der Waals surface area (Å²) in [6.07, 6.45) is 2.20. The van der Waals surface area contributed by atoms with E-state index in [0.29, 0.717) is 18.3 Å². The maximum Gasteiger partial charge on any atom is 0.220 e. The Balaban J connectivity index is 0.00000432. The first-order valence-electron chi connectivity index (χ1n) is 12.6. The Morgan fingerprint density at radius 2 is 1.69 bits per heavy atom. The number of piperidine rings is 1. The van der Waals surface area contributed by atoms with Crippen molar-refractivity contribution >= 4 is 5.91 Å². The fourth-order valence-corrected chi connectivity index (χ4v) is 4.68. The van der Waals surface area contributed by atoms with E-state index in [1.165, 1.54) is 18.4 Å². The normalized spacial score (nSPS) is 16.5. The van der Waals surface area contributed by atoms with Crippen LogP contribution in [0.3, 0.4) is 0 Å². The van der Waals surface area contributed by atoms with Crippen molar-refractivity contribution < 1.29 is 47.0 Å². The van der Waals surface area contributed by atoms with E-state index in [2.05, 4.69) is 60.5 Å². The van der Waals surface area contributed by atoms with Crippen molar-refractivity contribution in [3.63, 3.8) is 0 Å². The molecule has 2 aromatic rings. The average Bonchev–Trinajstić information content (AvgIpc) is 2.86. The number of ether oxygens (including phenoxy) is 2. The minimum atomic E-state index is -0.516. The third-order valence-corrected chi connectivity index (χ3v) is 6.58. The quantitative estimate of drug-likeness (QED) is 0.361. The standard InChI is InChI=1S/C29H41N2O3.Y/c1-5-30-29(32)27(21-22(2)3)34-28(25-9-7-6-8-10-25)26-13-11-23(12-14-26)24-15-17-31(18-16-24)19-20-33-4;/h5-14,22,24,27-28H,15-21H2,1-4H3,(H,30,32);/q-1;/t27-,28?;/m0./s1. The van der Waals surface area contributed by atoms with Gasteiger partial charge < -0.3 is 19.7 Å². The van der Waals surface area contributed by atoms with E-state index >= 15 is 0 Å². The van der Waals surface area contributed by atoms with Gasteiger partial charge in [-0.1, -0.05) is 68.4 Å². The summed E-state index contributed by atoms with van der Waals surface area (Å²) in [5, 5.41) is 2.83. The Morgan fingerprint density at radius 3 is 2.26 bits per heavy atom. The van der Waals surface area contributed by atoms with Crippen LogP contribution < -0.4 is 5.32 Å². The van der Waals surface area contributed by atoms with Gasteiger partial charge in [-0.05, 0) is 60.9 Å². The molecule has 2 atom stereocenters. The van der Waals surface area contributed by atoms with E-state index < -0.39 is 6.10 Å². The van der Waals surface area contributed by atoms with Crippen molar-refractivity contribution in [2.45, 2.75) is 58.2 Å². The van der Waals surface area contributed by atoms with Crippen molar-refractivity contribution in [2.75, 3.05) is 33.4 Å². The van der Waals surface area contributed by atoms with Gasteiger partial charge >= 0.3 is 0 Å². The number of carbonyl (C=O) groups is 1. The fourth-order valence-electron chi connectivity index (χ4n) is 4.68. The maximum atomic E-state index is 12.8. The summed E-state index contributed by atoms with van der Waals surface area (Å²) in [4.78, 5) is 15.2.